The Morgan fingerprint density at radius 2 is 1.96 bits per heavy atom. The molecule has 0 aliphatic carbocycles. The maximum atomic E-state index is 12.2. The molecule has 2 aromatic rings. The Kier molecular flexibility index (Phi) is 6.30. The maximum absolute atomic E-state index is 12.2. The molecule has 3 rings (SSSR count). The summed E-state index contributed by atoms with van der Waals surface area (Å²) in [6, 6.07) is 10.9. The van der Waals surface area contributed by atoms with Crippen LogP contribution in [0.1, 0.15) is 11.1 Å². The van der Waals surface area contributed by atoms with Crippen LogP contribution in [0.15, 0.2) is 45.8 Å². The molecule has 1 aliphatic heterocycles. The lowest BCUT2D eigenvalue weighted by atomic mass is 10.1. The van der Waals surface area contributed by atoms with Gasteiger partial charge in [0.25, 0.3) is 5.91 Å². The molecular weight excluding hydrogens is 477 g/mol. The molecule has 1 heterocycles. The number of thiocarbonyl (C=S) groups is 1. The van der Waals surface area contributed by atoms with Gasteiger partial charge in [-0.05, 0) is 36.4 Å². The molecule has 134 valence electrons. The number of amides is 1. The van der Waals surface area contributed by atoms with Gasteiger partial charge in [0, 0.05) is 32.7 Å². The van der Waals surface area contributed by atoms with Crippen LogP contribution in [0.2, 0.25) is 10.0 Å². The highest BCUT2D eigenvalue weighted by Crippen LogP contribution is 2.35. The normalized spacial score (nSPS) is 15.8. The number of hydrogen-bond donors (Lipinski definition) is 0. The first kappa shape index (κ1) is 19.7. The lowest BCUT2D eigenvalue weighted by Gasteiger charge is -2.12. The smallest absolute Gasteiger partial charge is 0.265 e. The summed E-state index contributed by atoms with van der Waals surface area (Å²) in [5.74, 6) is 0.491. The van der Waals surface area contributed by atoms with Crippen molar-refractivity contribution in [3.05, 3.63) is 66.9 Å². The third-order valence-corrected chi connectivity index (χ3v) is 6.36. The predicted molar refractivity (Wildman–Crippen MR) is 116 cm³/mol. The minimum Gasteiger partial charge on any atom is -0.488 e. The number of rotatable bonds is 4. The fourth-order valence-corrected chi connectivity index (χ4v) is 4.33. The van der Waals surface area contributed by atoms with E-state index >= 15 is 0 Å². The summed E-state index contributed by atoms with van der Waals surface area (Å²) in [5, 5.41) is 1.09. The van der Waals surface area contributed by atoms with Crippen molar-refractivity contribution in [2.24, 2.45) is 0 Å². The van der Waals surface area contributed by atoms with Gasteiger partial charge in [0.15, 0.2) is 0 Å². The van der Waals surface area contributed by atoms with E-state index in [1.54, 1.807) is 31.3 Å². The molecule has 1 fully saturated rings. The second-order valence-electron chi connectivity index (χ2n) is 5.41. The molecule has 0 spiro atoms. The molecule has 0 aromatic heterocycles. The summed E-state index contributed by atoms with van der Waals surface area (Å²) in [7, 11) is 1.66. The lowest BCUT2D eigenvalue weighted by Crippen LogP contribution is -2.22. The molecule has 1 saturated heterocycles. The number of hydrogen-bond acceptors (Lipinski definition) is 4. The predicted octanol–water partition coefficient (Wildman–Crippen LogP) is 6.17. The van der Waals surface area contributed by atoms with E-state index < -0.39 is 0 Å². The summed E-state index contributed by atoms with van der Waals surface area (Å²) in [6.07, 6.45) is 1.77. The zero-order valence-corrected chi connectivity index (χ0v) is 18.2. The third-order valence-electron chi connectivity index (χ3n) is 3.68. The lowest BCUT2D eigenvalue weighted by molar-refractivity contribution is -0.121. The fourth-order valence-electron chi connectivity index (χ4n) is 2.27. The third kappa shape index (κ3) is 4.26. The Labute approximate surface area is 179 Å². The van der Waals surface area contributed by atoms with Crippen molar-refractivity contribution in [3.8, 4) is 5.75 Å². The Morgan fingerprint density at radius 1 is 1.27 bits per heavy atom. The van der Waals surface area contributed by atoms with E-state index in [1.165, 1.54) is 16.7 Å². The number of carbonyl (C=O) groups excluding carboxylic acids is 1. The maximum Gasteiger partial charge on any atom is 0.265 e. The topological polar surface area (TPSA) is 29.5 Å². The van der Waals surface area contributed by atoms with E-state index in [0.717, 1.165) is 10.0 Å². The molecule has 26 heavy (non-hydrogen) atoms. The molecule has 0 radical (unpaired) electrons. The van der Waals surface area contributed by atoms with Crippen molar-refractivity contribution in [1.82, 2.24) is 4.90 Å². The number of halogens is 3. The van der Waals surface area contributed by atoms with Crippen LogP contribution in [-0.4, -0.2) is 22.2 Å². The summed E-state index contributed by atoms with van der Waals surface area (Å²) in [4.78, 5) is 14.3. The van der Waals surface area contributed by atoms with Crippen LogP contribution in [0.5, 0.6) is 5.75 Å². The first-order valence-corrected chi connectivity index (χ1v) is 10.2. The van der Waals surface area contributed by atoms with E-state index in [2.05, 4.69) is 15.9 Å². The highest BCUT2D eigenvalue weighted by Gasteiger charge is 2.29. The zero-order valence-electron chi connectivity index (χ0n) is 13.5. The number of nitrogens with zero attached hydrogens (tertiary/aromatic N) is 1. The summed E-state index contributed by atoms with van der Waals surface area (Å²) in [5.41, 5.74) is 1.47. The quantitative estimate of drug-likeness (QED) is 0.380. The van der Waals surface area contributed by atoms with Crippen LogP contribution in [0.3, 0.4) is 0 Å². The molecule has 0 bridgehead atoms. The highest BCUT2D eigenvalue weighted by molar-refractivity contribution is 9.10. The largest absolute Gasteiger partial charge is 0.488 e. The molecule has 3 nitrogen and oxygen atoms in total. The molecule has 0 N–H and O–H groups in total. The second kappa shape index (κ2) is 8.31. The van der Waals surface area contributed by atoms with Crippen LogP contribution in [0, 0.1) is 0 Å². The van der Waals surface area contributed by atoms with Gasteiger partial charge in [-0.1, -0.05) is 69.2 Å². The number of benzene rings is 2. The summed E-state index contributed by atoms with van der Waals surface area (Å²) >= 11 is 22.3. The molecule has 2 aromatic carbocycles. The van der Waals surface area contributed by atoms with Gasteiger partial charge in [0.05, 0.1) is 4.91 Å². The molecule has 0 saturated carbocycles. The minimum absolute atomic E-state index is 0.125. The number of likely N-dealkylation sites (N-methyl/N-ethyl adjacent to an activating group) is 1. The van der Waals surface area contributed by atoms with E-state index in [1.807, 2.05) is 18.2 Å². The van der Waals surface area contributed by atoms with Crippen molar-refractivity contribution in [2.75, 3.05) is 7.05 Å². The molecule has 8 heteroatoms. The van der Waals surface area contributed by atoms with Gasteiger partial charge in [-0.3, -0.25) is 9.69 Å². The average molecular weight is 489 g/mol. The van der Waals surface area contributed by atoms with Crippen molar-refractivity contribution in [3.63, 3.8) is 0 Å². The number of ether oxygens (including phenoxy) is 1. The standard InChI is InChI=1S/C18H12BrCl2NO2S2/c1-22-17(23)16(26-18(22)25)8-10-7-11(19)5-6-15(10)24-9-12-13(20)3-2-4-14(12)21/h2-8H,9H2,1H3/b16-8+. The Bertz CT molecular complexity index is 913. The molecular formula is C18H12BrCl2NO2S2. The fraction of sp³-hybridized carbons (Fsp3) is 0.111. The van der Waals surface area contributed by atoms with E-state index in [0.29, 0.717) is 30.6 Å². The summed E-state index contributed by atoms with van der Waals surface area (Å²) < 4.78 is 7.34. The monoisotopic (exact) mass is 487 g/mol. The number of thioether (sulfide) groups is 1. The van der Waals surface area contributed by atoms with Gasteiger partial charge < -0.3 is 4.74 Å². The van der Waals surface area contributed by atoms with Gasteiger partial charge in [0.1, 0.15) is 16.7 Å². The molecule has 1 aliphatic rings. The average Bonchev–Trinajstić information content (AvgIpc) is 2.83. The first-order valence-electron chi connectivity index (χ1n) is 7.43. The minimum atomic E-state index is -0.125. The van der Waals surface area contributed by atoms with Gasteiger partial charge in [-0.2, -0.15) is 0 Å². The van der Waals surface area contributed by atoms with Crippen LogP contribution < -0.4 is 4.74 Å². The second-order valence-corrected chi connectivity index (χ2v) is 8.82. The number of carbonyl (C=O) groups is 1. The van der Waals surface area contributed by atoms with Gasteiger partial charge in [-0.25, -0.2) is 0 Å². The van der Waals surface area contributed by atoms with E-state index in [9.17, 15) is 4.79 Å². The van der Waals surface area contributed by atoms with Crippen LogP contribution >= 0.6 is 63.1 Å². The van der Waals surface area contributed by atoms with Crippen LogP contribution in [0.4, 0.5) is 0 Å². The van der Waals surface area contributed by atoms with Crippen LogP contribution in [0.25, 0.3) is 6.08 Å². The van der Waals surface area contributed by atoms with Gasteiger partial charge in [0.2, 0.25) is 0 Å². The Hall–Kier alpha value is -1.05. The van der Waals surface area contributed by atoms with Crippen molar-refractivity contribution in [1.29, 1.82) is 0 Å². The highest BCUT2D eigenvalue weighted by atomic mass is 79.9. The Morgan fingerprint density at radius 3 is 2.58 bits per heavy atom. The molecule has 1 amide bonds. The molecule has 0 unspecified atom stereocenters. The van der Waals surface area contributed by atoms with Gasteiger partial charge in [-0.15, -0.1) is 0 Å². The van der Waals surface area contributed by atoms with Crippen molar-refractivity contribution in [2.45, 2.75) is 6.61 Å². The van der Waals surface area contributed by atoms with E-state index in [4.69, 9.17) is 40.2 Å². The SMILES string of the molecule is CN1C(=O)/C(=C\c2cc(Br)ccc2OCc2c(Cl)cccc2Cl)SC1=S. The van der Waals surface area contributed by atoms with Gasteiger partial charge >= 0.3 is 0 Å². The van der Waals surface area contributed by atoms with Crippen LogP contribution in [-0.2, 0) is 11.4 Å². The summed E-state index contributed by atoms with van der Waals surface area (Å²) in [6.45, 7) is 0.218. The van der Waals surface area contributed by atoms with Crippen molar-refractivity contribution < 1.29 is 9.53 Å². The van der Waals surface area contributed by atoms with Crippen molar-refractivity contribution >= 4 is 79.4 Å². The zero-order chi connectivity index (χ0) is 18.8. The Balaban J connectivity index is 1.90. The first-order chi connectivity index (χ1) is 12.4. The van der Waals surface area contributed by atoms with E-state index in [-0.39, 0.29) is 12.5 Å². The molecule has 0 atom stereocenters.